The van der Waals surface area contributed by atoms with E-state index in [1.54, 1.807) is 6.92 Å². The highest BCUT2D eigenvalue weighted by Crippen LogP contribution is 2.05. The van der Waals surface area contributed by atoms with Crippen LogP contribution in [0.15, 0.2) is 30.3 Å². The van der Waals surface area contributed by atoms with Gasteiger partial charge < -0.3 is 5.11 Å². The van der Waals surface area contributed by atoms with E-state index in [4.69, 9.17) is 5.11 Å². The number of aliphatic hydroxyl groups is 1. The quantitative estimate of drug-likeness (QED) is 0.768. The van der Waals surface area contributed by atoms with Gasteiger partial charge >= 0.3 is 0 Å². The molecule has 1 rings (SSSR count). The zero-order valence-electron chi connectivity index (χ0n) is 10.7. The molecule has 102 valence electrons. The lowest BCUT2D eigenvalue weighted by atomic mass is 10.2. The molecule has 0 aliphatic carbocycles. The third-order valence-corrected chi connectivity index (χ3v) is 4.02. The van der Waals surface area contributed by atoms with Gasteiger partial charge in [0, 0.05) is 20.1 Å². The lowest BCUT2D eigenvalue weighted by molar-refractivity contribution is 0.186. The molecule has 0 radical (unpaired) electrons. The van der Waals surface area contributed by atoms with Crippen molar-refractivity contribution >= 4 is 10.2 Å². The second-order valence-electron chi connectivity index (χ2n) is 4.28. The summed E-state index contributed by atoms with van der Waals surface area (Å²) in [7, 11) is -1.96. The monoisotopic (exact) mass is 272 g/mol. The first kappa shape index (κ1) is 15.1. The van der Waals surface area contributed by atoms with Crippen molar-refractivity contribution in [1.29, 1.82) is 0 Å². The molecule has 2 N–H and O–H groups in total. The van der Waals surface area contributed by atoms with Crippen LogP contribution < -0.4 is 4.72 Å². The Balaban J connectivity index is 2.52. The SMILES string of the molecule is CC(O)CCNS(=O)(=O)N(C)Cc1ccccc1. The summed E-state index contributed by atoms with van der Waals surface area (Å²) in [6.45, 7) is 2.19. The number of hydrogen-bond donors (Lipinski definition) is 2. The molecule has 0 saturated carbocycles. The third kappa shape index (κ3) is 5.14. The molecular weight excluding hydrogens is 252 g/mol. The predicted octanol–water partition coefficient (Wildman–Crippen LogP) is 0.724. The van der Waals surface area contributed by atoms with Crippen LogP contribution in [0.2, 0.25) is 0 Å². The molecule has 6 heteroatoms. The van der Waals surface area contributed by atoms with Gasteiger partial charge in [-0.05, 0) is 18.9 Å². The Kier molecular flexibility index (Phi) is 5.74. The summed E-state index contributed by atoms with van der Waals surface area (Å²) in [6, 6.07) is 9.38. The number of aliphatic hydroxyl groups excluding tert-OH is 1. The number of nitrogens with zero attached hydrogens (tertiary/aromatic N) is 1. The van der Waals surface area contributed by atoms with E-state index in [0.717, 1.165) is 5.56 Å². The second kappa shape index (κ2) is 6.84. The predicted molar refractivity (Wildman–Crippen MR) is 71.1 cm³/mol. The van der Waals surface area contributed by atoms with E-state index in [9.17, 15) is 8.42 Å². The molecule has 0 heterocycles. The molecule has 1 aromatic carbocycles. The van der Waals surface area contributed by atoms with Crippen molar-refractivity contribution < 1.29 is 13.5 Å². The van der Waals surface area contributed by atoms with Gasteiger partial charge in [0.2, 0.25) is 0 Å². The Bertz CT molecular complexity index is 446. The summed E-state index contributed by atoms with van der Waals surface area (Å²) in [6.07, 6.45) is -0.106. The number of nitrogens with one attached hydrogen (secondary N) is 1. The van der Waals surface area contributed by atoms with Crippen LogP contribution in [-0.2, 0) is 16.8 Å². The van der Waals surface area contributed by atoms with Crippen molar-refractivity contribution in [3.05, 3.63) is 35.9 Å². The van der Waals surface area contributed by atoms with Crippen molar-refractivity contribution in [2.45, 2.75) is 26.0 Å². The Morgan fingerprint density at radius 3 is 2.50 bits per heavy atom. The van der Waals surface area contributed by atoms with Gasteiger partial charge in [0.05, 0.1) is 6.10 Å². The van der Waals surface area contributed by atoms with Crippen LogP contribution in [0.1, 0.15) is 18.9 Å². The van der Waals surface area contributed by atoms with Gasteiger partial charge in [-0.1, -0.05) is 30.3 Å². The minimum Gasteiger partial charge on any atom is -0.393 e. The van der Waals surface area contributed by atoms with Crippen LogP contribution in [0.25, 0.3) is 0 Å². The Labute approximate surface area is 109 Å². The standard InChI is InChI=1S/C12H20N2O3S/c1-11(15)8-9-13-18(16,17)14(2)10-12-6-4-3-5-7-12/h3-7,11,13,15H,8-10H2,1-2H3. The van der Waals surface area contributed by atoms with E-state index in [1.165, 1.54) is 11.4 Å². The molecule has 0 fully saturated rings. The van der Waals surface area contributed by atoms with Crippen molar-refractivity contribution in [2.24, 2.45) is 0 Å². The van der Waals surface area contributed by atoms with Gasteiger partial charge in [0.25, 0.3) is 10.2 Å². The van der Waals surface area contributed by atoms with Crippen LogP contribution in [0, 0.1) is 0 Å². The summed E-state index contributed by atoms with van der Waals surface area (Å²) in [5.74, 6) is 0. The first-order valence-electron chi connectivity index (χ1n) is 5.85. The molecular formula is C12H20N2O3S. The first-order valence-corrected chi connectivity index (χ1v) is 7.29. The fraction of sp³-hybridized carbons (Fsp3) is 0.500. The summed E-state index contributed by atoms with van der Waals surface area (Å²) in [5.41, 5.74) is 0.931. The first-order chi connectivity index (χ1) is 8.42. The second-order valence-corrected chi connectivity index (χ2v) is 6.14. The molecule has 1 atom stereocenters. The highest BCUT2D eigenvalue weighted by Gasteiger charge is 2.17. The van der Waals surface area contributed by atoms with Crippen LogP contribution in [-0.4, -0.2) is 37.5 Å². The van der Waals surface area contributed by atoms with Crippen molar-refractivity contribution in [3.8, 4) is 0 Å². The minimum absolute atomic E-state index is 0.235. The molecule has 0 saturated heterocycles. The van der Waals surface area contributed by atoms with Crippen LogP contribution in [0.4, 0.5) is 0 Å². The zero-order chi connectivity index (χ0) is 13.6. The van der Waals surface area contributed by atoms with E-state index in [0.29, 0.717) is 13.0 Å². The third-order valence-electron chi connectivity index (χ3n) is 2.50. The Hall–Kier alpha value is -0.950. The van der Waals surface area contributed by atoms with E-state index < -0.39 is 16.3 Å². The number of rotatable bonds is 7. The normalized spacial score (nSPS) is 13.8. The smallest absolute Gasteiger partial charge is 0.279 e. The summed E-state index contributed by atoms with van der Waals surface area (Å²) < 4.78 is 27.4. The van der Waals surface area contributed by atoms with Crippen molar-refractivity contribution in [2.75, 3.05) is 13.6 Å². The van der Waals surface area contributed by atoms with Crippen molar-refractivity contribution in [3.63, 3.8) is 0 Å². The molecule has 1 aromatic rings. The summed E-state index contributed by atoms with van der Waals surface area (Å²) in [5, 5.41) is 9.07. The van der Waals surface area contributed by atoms with Crippen molar-refractivity contribution in [1.82, 2.24) is 9.03 Å². The van der Waals surface area contributed by atoms with E-state index in [-0.39, 0.29) is 6.54 Å². The Morgan fingerprint density at radius 2 is 1.94 bits per heavy atom. The molecule has 0 bridgehead atoms. The zero-order valence-corrected chi connectivity index (χ0v) is 11.5. The molecule has 0 amide bonds. The molecule has 0 aliphatic rings. The fourth-order valence-electron chi connectivity index (χ4n) is 1.43. The topological polar surface area (TPSA) is 69.6 Å². The highest BCUT2D eigenvalue weighted by atomic mass is 32.2. The van der Waals surface area contributed by atoms with Crippen LogP contribution in [0.3, 0.4) is 0 Å². The van der Waals surface area contributed by atoms with Gasteiger partial charge in [0.15, 0.2) is 0 Å². The van der Waals surface area contributed by atoms with Gasteiger partial charge in [-0.25, -0.2) is 4.72 Å². The maximum absolute atomic E-state index is 11.8. The number of benzene rings is 1. The molecule has 5 nitrogen and oxygen atoms in total. The Morgan fingerprint density at radius 1 is 1.33 bits per heavy atom. The fourth-order valence-corrected chi connectivity index (χ4v) is 2.35. The lowest BCUT2D eigenvalue weighted by Gasteiger charge is -2.18. The van der Waals surface area contributed by atoms with E-state index in [2.05, 4.69) is 4.72 Å². The lowest BCUT2D eigenvalue weighted by Crippen LogP contribution is -2.38. The minimum atomic E-state index is -3.48. The van der Waals surface area contributed by atoms with Crippen LogP contribution in [0.5, 0.6) is 0 Å². The van der Waals surface area contributed by atoms with Gasteiger partial charge in [-0.2, -0.15) is 12.7 Å². The van der Waals surface area contributed by atoms with E-state index >= 15 is 0 Å². The molecule has 0 aliphatic heterocycles. The highest BCUT2D eigenvalue weighted by molar-refractivity contribution is 7.87. The maximum atomic E-state index is 11.8. The van der Waals surface area contributed by atoms with E-state index in [1.807, 2.05) is 30.3 Å². The average molecular weight is 272 g/mol. The average Bonchev–Trinajstić information content (AvgIpc) is 2.29. The summed E-state index contributed by atoms with van der Waals surface area (Å²) >= 11 is 0. The van der Waals surface area contributed by atoms with Gasteiger partial charge in [0.1, 0.15) is 0 Å². The van der Waals surface area contributed by atoms with Crippen LogP contribution >= 0.6 is 0 Å². The molecule has 0 spiro atoms. The maximum Gasteiger partial charge on any atom is 0.279 e. The van der Waals surface area contributed by atoms with Gasteiger partial charge in [-0.15, -0.1) is 0 Å². The number of hydrogen-bond acceptors (Lipinski definition) is 3. The molecule has 18 heavy (non-hydrogen) atoms. The van der Waals surface area contributed by atoms with Gasteiger partial charge in [-0.3, -0.25) is 0 Å². The molecule has 1 unspecified atom stereocenters. The largest absolute Gasteiger partial charge is 0.393 e. The molecule has 0 aromatic heterocycles. The summed E-state index contributed by atoms with van der Waals surface area (Å²) in [4.78, 5) is 0.